The Morgan fingerprint density at radius 2 is 0.984 bits per heavy atom. The van der Waals surface area contributed by atoms with Crippen LogP contribution in [0.2, 0.25) is 0 Å². The summed E-state index contributed by atoms with van der Waals surface area (Å²) in [5.74, 6) is 3.44. The molecule has 12 rings (SSSR count). The number of benzene rings is 7. The highest BCUT2D eigenvalue weighted by atomic mass is 16.5. The maximum Gasteiger partial charge on any atom is 0.251 e. The van der Waals surface area contributed by atoms with Crippen LogP contribution in [0, 0.1) is 20.8 Å². The first-order valence-electron chi connectivity index (χ1n) is 21.2. The minimum absolute atomic E-state index is 0.0271. The lowest BCUT2D eigenvalue weighted by atomic mass is 9.34. The van der Waals surface area contributed by atoms with Crippen molar-refractivity contribution in [2.45, 2.75) is 20.8 Å². The summed E-state index contributed by atoms with van der Waals surface area (Å²) in [4.78, 5) is 12.1. The first-order chi connectivity index (χ1) is 30.5. The summed E-state index contributed by atoms with van der Waals surface area (Å²) < 4.78 is 11.7. The molecular weight excluding hydrogens is 757 g/mol. The van der Waals surface area contributed by atoms with Crippen molar-refractivity contribution in [3.63, 3.8) is 0 Å². The summed E-state index contributed by atoms with van der Waals surface area (Å²) in [5.41, 5.74) is 14.7. The summed E-state index contributed by atoms with van der Waals surface area (Å²) in [7, 11) is 0. The van der Waals surface area contributed by atoms with Crippen molar-refractivity contribution in [2.24, 2.45) is 0 Å². The molecule has 0 amide bonds. The Hall–Kier alpha value is -7.90. The normalized spacial score (nSPS) is 12.2. The summed E-state index contributed by atoms with van der Waals surface area (Å²) in [6.07, 6.45) is 3.72. The number of para-hydroxylation sites is 4. The second kappa shape index (κ2) is 14.1. The van der Waals surface area contributed by atoms with Crippen LogP contribution in [0.3, 0.4) is 0 Å². The van der Waals surface area contributed by atoms with Gasteiger partial charge in [0.05, 0.1) is 27.8 Å². The van der Waals surface area contributed by atoms with E-state index in [1.807, 2.05) is 36.7 Å². The van der Waals surface area contributed by atoms with Crippen molar-refractivity contribution >= 4 is 83.8 Å². The third kappa shape index (κ3) is 5.51. The Morgan fingerprint density at radius 1 is 0.468 bits per heavy atom. The number of aryl methyl sites for hydroxylation is 3. The van der Waals surface area contributed by atoms with Gasteiger partial charge in [-0.05, 0) is 104 Å². The molecule has 0 fully saturated rings. The maximum atomic E-state index is 7.17. The molecule has 6 nitrogen and oxygen atoms in total. The summed E-state index contributed by atoms with van der Waals surface area (Å²) >= 11 is 0. The van der Waals surface area contributed by atoms with Crippen molar-refractivity contribution in [2.75, 3.05) is 4.90 Å². The predicted octanol–water partition coefficient (Wildman–Crippen LogP) is 11.7. The number of hydrogen-bond donors (Lipinski definition) is 0. The molecule has 1 aliphatic heterocycles. The zero-order chi connectivity index (χ0) is 41.5. The second-order valence-electron chi connectivity index (χ2n) is 16.4. The van der Waals surface area contributed by atoms with Gasteiger partial charge in [-0.1, -0.05) is 125 Å². The van der Waals surface area contributed by atoms with Gasteiger partial charge in [0.25, 0.3) is 6.71 Å². The van der Waals surface area contributed by atoms with Crippen molar-refractivity contribution in [1.82, 2.24) is 19.1 Å². The van der Waals surface area contributed by atoms with Crippen molar-refractivity contribution < 1.29 is 4.74 Å². The molecule has 0 unspecified atom stereocenters. The van der Waals surface area contributed by atoms with Crippen LogP contribution in [0.25, 0.3) is 55.2 Å². The molecule has 0 N–H and O–H groups in total. The van der Waals surface area contributed by atoms with Crippen LogP contribution in [0.1, 0.15) is 16.7 Å². The molecule has 4 aromatic heterocycles. The molecule has 5 heterocycles. The fourth-order valence-corrected chi connectivity index (χ4v) is 10.2. The van der Waals surface area contributed by atoms with E-state index in [4.69, 9.17) is 14.7 Å². The lowest BCUT2D eigenvalue weighted by Gasteiger charge is -2.33. The van der Waals surface area contributed by atoms with Gasteiger partial charge in [-0.15, -0.1) is 0 Å². The SMILES string of the molecule is Cc1cc(C)c(B2c3ccccc3Oc3c2cccc3N(c2ccc3c4ccccc4n(-c4ccccn4)c3c2)c2ccc3c4ccccc4n(-c4ccccn4)c3c2)c(C)c1. The third-order valence-corrected chi connectivity index (χ3v) is 12.6. The van der Waals surface area contributed by atoms with Crippen molar-refractivity contribution in [3.05, 3.63) is 205 Å². The number of ether oxygens (including phenoxy) is 1. The highest BCUT2D eigenvalue weighted by Crippen LogP contribution is 2.46. The molecule has 0 saturated heterocycles. The Balaban J connectivity index is 1.16. The van der Waals surface area contributed by atoms with E-state index < -0.39 is 0 Å². The fraction of sp³-hybridized carbons (Fsp3) is 0.0545. The summed E-state index contributed by atoms with van der Waals surface area (Å²) in [6.45, 7) is 6.64. The van der Waals surface area contributed by atoms with Gasteiger partial charge in [0.15, 0.2) is 0 Å². The molecule has 0 radical (unpaired) electrons. The van der Waals surface area contributed by atoms with Crippen LogP contribution in [0.4, 0.5) is 17.1 Å². The monoisotopic (exact) mass is 797 g/mol. The van der Waals surface area contributed by atoms with E-state index in [0.29, 0.717) is 0 Å². The van der Waals surface area contributed by atoms with Gasteiger partial charge in [0, 0.05) is 45.3 Å². The number of fused-ring (bicyclic) bond motifs is 8. The standard InChI is InChI=1S/C55H40BN5O/c1-35-31-36(2)54(37(3)32-35)56-44-17-6-9-22-51(44)62-55-45(56)18-14-21-48(55)59(38-25-27-42-40-15-4-7-19-46(40)60(49(42)33-38)52-23-10-12-29-57-52)39-26-28-43-41-16-5-8-20-47(41)61(50(43)34-39)53-24-11-13-30-58-53/h4-34H,1-3H3. The van der Waals surface area contributed by atoms with Crippen LogP contribution < -0.4 is 26.0 Å². The first kappa shape index (κ1) is 36.0. The largest absolute Gasteiger partial charge is 0.456 e. The molecule has 0 atom stereocenters. The Bertz CT molecular complexity index is 3380. The molecule has 7 aromatic carbocycles. The lowest BCUT2D eigenvalue weighted by Crippen LogP contribution is -2.56. The third-order valence-electron chi connectivity index (χ3n) is 12.6. The number of anilines is 3. The number of aromatic nitrogens is 4. The molecule has 0 aliphatic carbocycles. The van der Waals surface area contributed by atoms with Gasteiger partial charge in [-0.25, -0.2) is 9.97 Å². The van der Waals surface area contributed by atoms with E-state index >= 15 is 0 Å². The first-order valence-corrected chi connectivity index (χ1v) is 21.2. The predicted molar refractivity (Wildman–Crippen MR) is 257 cm³/mol. The fourth-order valence-electron chi connectivity index (χ4n) is 10.2. The van der Waals surface area contributed by atoms with E-state index in [-0.39, 0.29) is 6.71 Å². The van der Waals surface area contributed by atoms with Gasteiger partial charge in [-0.3, -0.25) is 9.13 Å². The minimum Gasteiger partial charge on any atom is -0.456 e. The van der Waals surface area contributed by atoms with Crippen LogP contribution in [-0.2, 0) is 0 Å². The molecular formula is C55H40BN5O. The van der Waals surface area contributed by atoms with Crippen molar-refractivity contribution in [1.29, 1.82) is 0 Å². The molecule has 0 bridgehead atoms. The van der Waals surface area contributed by atoms with Gasteiger partial charge in [-0.2, -0.15) is 0 Å². The average Bonchev–Trinajstić information content (AvgIpc) is 3.81. The second-order valence-corrected chi connectivity index (χ2v) is 16.4. The Morgan fingerprint density at radius 3 is 1.56 bits per heavy atom. The van der Waals surface area contributed by atoms with Gasteiger partial charge >= 0.3 is 0 Å². The average molecular weight is 798 g/mol. The van der Waals surface area contributed by atoms with Gasteiger partial charge in [0.1, 0.15) is 23.1 Å². The summed E-state index contributed by atoms with van der Waals surface area (Å²) in [6, 6.07) is 62.8. The van der Waals surface area contributed by atoms with Crippen LogP contribution in [-0.4, -0.2) is 25.8 Å². The molecule has 1 aliphatic rings. The topological polar surface area (TPSA) is 48.1 Å². The highest BCUT2D eigenvalue weighted by molar-refractivity contribution is 6.97. The number of pyridine rings is 2. The van der Waals surface area contributed by atoms with Crippen molar-refractivity contribution in [3.8, 4) is 23.1 Å². The smallest absolute Gasteiger partial charge is 0.251 e. The molecule has 7 heteroatoms. The van der Waals surface area contributed by atoms with E-state index in [1.165, 1.54) is 38.4 Å². The lowest BCUT2D eigenvalue weighted by molar-refractivity contribution is 0.488. The quantitative estimate of drug-likeness (QED) is 0.157. The molecule has 11 aromatic rings. The zero-order valence-corrected chi connectivity index (χ0v) is 34.6. The van der Waals surface area contributed by atoms with Crippen LogP contribution >= 0.6 is 0 Å². The number of nitrogens with zero attached hydrogens (tertiary/aromatic N) is 5. The van der Waals surface area contributed by atoms with Gasteiger partial charge < -0.3 is 9.64 Å². The number of rotatable bonds is 6. The minimum atomic E-state index is -0.0271. The van der Waals surface area contributed by atoms with Gasteiger partial charge in [0.2, 0.25) is 0 Å². The maximum absolute atomic E-state index is 7.17. The number of hydrogen-bond acceptors (Lipinski definition) is 4. The molecule has 294 valence electrons. The highest BCUT2D eigenvalue weighted by Gasteiger charge is 2.36. The molecule has 62 heavy (non-hydrogen) atoms. The zero-order valence-electron chi connectivity index (χ0n) is 34.6. The van der Waals surface area contributed by atoms with E-state index in [0.717, 1.165) is 78.5 Å². The van der Waals surface area contributed by atoms with Crippen LogP contribution in [0.15, 0.2) is 188 Å². The van der Waals surface area contributed by atoms with E-state index in [2.05, 4.69) is 186 Å². The molecule has 0 saturated carbocycles. The Labute approximate surface area is 360 Å². The summed E-state index contributed by atoms with van der Waals surface area (Å²) in [5, 5.41) is 4.67. The van der Waals surface area contributed by atoms with E-state index in [1.54, 1.807) is 0 Å². The van der Waals surface area contributed by atoms with Crippen LogP contribution in [0.5, 0.6) is 11.5 Å². The van der Waals surface area contributed by atoms with E-state index in [9.17, 15) is 0 Å². The Kier molecular flexibility index (Phi) is 8.19. The molecule has 0 spiro atoms.